The van der Waals surface area contributed by atoms with Crippen LogP contribution < -0.4 is 5.32 Å². The first-order valence-electron chi connectivity index (χ1n) is 9.37. The molecule has 1 heterocycles. The van der Waals surface area contributed by atoms with Crippen molar-refractivity contribution in [3.05, 3.63) is 71.2 Å². The number of imide groups is 1. The van der Waals surface area contributed by atoms with Crippen LogP contribution in [0.1, 0.15) is 18.1 Å². The molecule has 0 radical (unpaired) electrons. The van der Waals surface area contributed by atoms with E-state index >= 15 is 0 Å². The molecular weight excluding hydrogens is 389 g/mol. The molecule has 1 aliphatic heterocycles. The average Bonchev–Trinajstić information content (AvgIpc) is 2.95. The van der Waals surface area contributed by atoms with Gasteiger partial charge >= 0.3 is 0 Å². The predicted molar refractivity (Wildman–Crippen MR) is 109 cm³/mol. The van der Waals surface area contributed by atoms with Crippen LogP contribution in [0.2, 0.25) is 0 Å². The maximum absolute atomic E-state index is 14.1. The molecule has 30 heavy (non-hydrogen) atoms. The molecule has 0 atom stereocenters. The molecule has 0 aliphatic carbocycles. The number of nitrogens with zero attached hydrogens (tertiary/aromatic N) is 2. The molecule has 2 aromatic carbocycles. The van der Waals surface area contributed by atoms with Gasteiger partial charge in [-0.2, -0.15) is 0 Å². The number of nitrogens with one attached hydrogen (secondary N) is 1. The zero-order chi connectivity index (χ0) is 21.8. The maximum Gasteiger partial charge on any atom is 0.278 e. The van der Waals surface area contributed by atoms with Crippen molar-refractivity contribution in [1.29, 1.82) is 0 Å². The zero-order valence-electron chi connectivity index (χ0n) is 16.7. The monoisotopic (exact) mass is 411 g/mol. The molecule has 7 nitrogen and oxygen atoms in total. The summed E-state index contributed by atoms with van der Waals surface area (Å²) in [7, 11) is 1.61. The predicted octanol–water partition coefficient (Wildman–Crippen LogP) is 1.99. The van der Waals surface area contributed by atoms with Crippen molar-refractivity contribution in [1.82, 2.24) is 9.80 Å². The third-order valence-electron chi connectivity index (χ3n) is 4.74. The normalized spacial score (nSPS) is 13.8. The molecule has 8 heteroatoms. The minimum absolute atomic E-state index is 0.137. The van der Waals surface area contributed by atoms with Gasteiger partial charge in [-0.1, -0.05) is 30.3 Å². The lowest BCUT2D eigenvalue weighted by atomic mass is 10.0. The Labute approximate surface area is 173 Å². The van der Waals surface area contributed by atoms with Gasteiger partial charge in [0.15, 0.2) is 0 Å². The van der Waals surface area contributed by atoms with Crippen LogP contribution in [0.4, 0.5) is 10.1 Å². The Kier molecular flexibility index (Phi) is 6.27. The molecule has 3 amide bonds. The standard InChI is InChI=1S/C22H22FN3O4/c1-14(28)24-17-9-7-15(8-10-17)19-20(25(2)11-12-27)22(30)26(21(19)29)13-16-5-3-4-6-18(16)23/h3-10,27H,11-13H2,1-2H3,(H,24,28). The maximum atomic E-state index is 14.1. The number of carbonyl (C=O) groups is 3. The SMILES string of the molecule is CC(=O)Nc1ccc(C2=C(N(C)CCO)C(=O)N(Cc3ccccc3F)C2=O)cc1. The van der Waals surface area contributed by atoms with Crippen LogP contribution in [0.3, 0.4) is 0 Å². The number of amides is 3. The molecule has 0 saturated heterocycles. The number of aliphatic hydroxyl groups excluding tert-OH is 1. The average molecular weight is 411 g/mol. The van der Waals surface area contributed by atoms with Gasteiger partial charge in [0, 0.05) is 31.8 Å². The summed E-state index contributed by atoms with van der Waals surface area (Å²) in [5.41, 5.74) is 1.57. The molecular formula is C22H22FN3O4. The van der Waals surface area contributed by atoms with E-state index in [-0.39, 0.29) is 42.4 Å². The molecule has 0 spiro atoms. The number of hydrogen-bond acceptors (Lipinski definition) is 5. The lowest BCUT2D eigenvalue weighted by Gasteiger charge is -2.20. The van der Waals surface area contributed by atoms with E-state index < -0.39 is 17.6 Å². The summed E-state index contributed by atoms with van der Waals surface area (Å²) in [6.07, 6.45) is 0. The molecule has 0 saturated carbocycles. The Bertz CT molecular complexity index is 1020. The fourth-order valence-electron chi connectivity index (χ4n) is 3.30. The smallest absolute Gasteiger partial charge is 0.278 e. The van der Waals surface area contributed by atoms with E-state index in [1.807, 2.05) is 0 Å². The summed E-state index contributed by atoms with van der Waals surface area (Å²) in [6, 6.07) is 12.5. The van der Waals surface area contributed by atoms with Crippen LogP contribution in [0.25, 0.3) is 5.57 Å². The largest absolute Gasteiger partial charge is 0.395 e. The molecule has 0 fully saturated rings. The first-order valence-corrected chi connectivity index (χ1v) is 9.37. The number of rotatable bonds is 7. The number of likely N-dealkylation sites (N-methyl/N-ethyl adjacent to an activating group) is 1. The Morgan fingerprint density at radius 3 is 2.37 bits per heavy atom. The number of halogens is 1. The molecule has 1 aliphatic rings. The Morgan fingerprint density at radius 2 is 1.77 bits per heavy atom. The van der Waals surface area contributed by atoms with Crippen molar-refractivity contribution in [3.8, 4) is 0 Å². The molecule has 2 aromatic rings. The number of carbonyl (C=O) groups excluding carboxylic acids is 3. The van der Waals surface area contributed by atoms with Crippen LogP contribution in [-0.2, 0) is 20.9 Å². The third kappa shape index (κ3) is 4.23. The topological polar surface area (TPSA) is 90.0 Å². The van der Waals surface area contributed by atoms with Crippen molar-refractivity contribution in [2.24, 2.45) is 0 Å². The third-order valence-corrected chi connectivity index (χ3v) is 4.74. The van der Waals surface area contributed by atoms with E-state index in [1.54, 1.807) is 37.4 Å². The van der Waals surface area contributed by atoms with Crippen molar-refractivity contribution in [3.63, 3.8) is 0 Å². The first kappa shape index (κ1) is 21.2. The summed E-state index contributed by atoms with van der Waals surface area (Å²) >= 11 is 0. The Hall–Kier alpha value is -3.52. The lowest BCUT2D eigenvalue weighted by Crippen LogP contribution is -2.34. The van der Waals surface area contributed by atoms with Crippen molar-refractivity contribution in [2.45, 2.75) is 13.5 Å². The highest BCUT2D eigenvalue weighted by Crippen LogP contribution is 2.32. The Balaban J connectivity index is 1.99. The van der Waals surface area contributed by atoms with Crippen LogP contribution in [0, 0.1) is 5.82 Å². The number of aliphatic hydroxyl groups is 1. The molecule has 0 aromatic heterocycles. The van der Waals surface area contributed by atoms with Gasteiger partial charge in [0.1, 0.15) is 11.5 Å². The van der Waals surface area contributed by atoms with E-state index in [0.29, 0.717) is 11.3 Å². The second-order valence-electron chi connectivity index (χ2n) is 6.92. The van der Waals surface area contributed by atoms with E-state index in [2.05, 4.69) is 5.32 Å². The highest BCUT2D eigenvalue weighted by Gasteiger charge is 2.40. The van der Waals surface area contributed by atoms with Crippen molar-refractivity contribution >= 4 is 29.0 Å². The van der Waals surface area contributed by atoms with Gasteiger partial charge in [-0.15, -0.1) is 0 Å². The van der Waals surface area contributed by atoms with Gasteiger partial charge in [0.2, 0.25) is 5.91 Å². The second kappa shape index (κ2) is 8.87. The lowest BCUT2D eigenvalue weighted by molar-refractivity contribution is -0.138. The second-order valence-corrected chi connectivity index (χ2v) is 6.92. The highest BCUT2D eigenvalue weighted by molar-refractivity contribution is 6.35. The van der Waals surface area contributed by atoms with E-state index in [9.17, 15) is 23.9 Å². The van der Waals surface area contributed by atoms with Crippen LogP contribution in [-0.4, -0.2) is 52.8 Å². The van der Waals surface area contributed by atoms with Gasteiger partial charge in [-0.3, -0.25) is 19.3 Å². The number of anilines is 1. The van der Waals surface area contributed by atoms with Gasteiger partial charge in [-0.25, -0.2) is 4.39 Å². The van der Waals surface area contributed by atoms with Gasteiger partial charge in [-0.05, 0) is 23.8 Å². The zero-order valence-corrected chi connectivity index (χ0v) is 16.7. The quantitative estimate of drug-likeness (QED) is 0.680. The first-order chi connectivity index (χ1) is 14.3. The molecule has 156 valence electrons. The summed E-state index contributed by atoms with van der Waals surface area (Å²) in [4.78, 5) is 40.0. The summed E-state index contributed by atoms with van der Waals surface area (Å²) in [5.74, 6) is -1.83. The molecule has 0 unspecified atom stereocenters. The molecule has 0 bridgehead atoms. The van der Waals surface area contributed by atoms with Gasteiger partial charge in [0.25, 0.3) is 11.8 Å². The van der Waals surface area contributed by atoms with Gasteiger partial charge in [0.05, 0.1) is 18.7 Å². The van der Waals surface area contributed by atoms with Crippen LogP contribution in [0.5, 0.6) is 0 Å². The Morgan fingerprint density at radius 1 is 1.10 bits per heavy atom. The minimum atomic E-state index is -0.555. The number of hydrogen-bond donors (Lipinski definition) is 2. The summed E-state index contributed by atoms with van der Waals surface area (Å²) < 4.78 is 14.1. The number of benzene rings is 2. The minimum Gasteiger partial charge on any atom is -0.395 e. The van der Waals surface area contributed by atoms with Crippen LogP contribution >= 0.6 is 0 Å². The fraction of sp³-hybridized carbons (Fsp3) is 0.227. The summed E-state index contributed by atoms with van der Waals surface area (Å²) in [6.45, 7) is 1.13. The summed E-state index contributed by atoms with van der Waals surface area (Å²) in [5, 5.41) is 11.9. The van der Waals surface area contributed by atoms with Crippen LogP contribution in [0.15, 0.2) is 54.2 Å². The van der Waals surface area contributed by atoms with Crippen molar-refractivity contribution < 1.29 is 23.9 Å². The van der Waals surface area contributed by atoms with E-state index in [0.717, 1.165) is 4.90 Å². The van der Waals surface area contributed by atoms with E-state index in [4.69, 9.17) is 0 Å². The molecule has 2 N–H and O–H groups in total. The van der Waals surface area contributed by atoms with Gasteiger partial charge < -0.3 is 15.3 Å². The van der Waals surface area contributed by atoms with E-state index in [1.165, 1.54) is 30.0 Å². The fourth-order valence-corrected chi connectivity index (χ4v) is 3.30. The van der Waals surface area contributed by atoms with Crippen molar-refractivity contribution in [2.75, 3.05) is 25.5 Å². The highest BCUT2D eigenvalue weighted by atomic mass is 19.1. The molecule has 3 rings (SSSR count).